The van der Waals surface area contributed by atoms with E-state index >= 15 is 0 Å². The molecule has 0 saturated carbocycles. The molecule has 0 aromatic heterocycles. The van der Waals surface area contributed by atoms with Gasteiger partial charge in [0.05, 0.1) is 5.56 Å². The number of hydrogen-bond donors (Lipinski definition) is 0. The molecule has 0 N–H and O–H groups in total. The number of benzene rings is 2. The van der Waals surface area contributed by atoms with E-state index in [2.05, 4.69) is 0 Å². The zero-order chi connectivity index (χ0) is 21.2. The quantitative estimate of drug-likeness (QED) is 0.353. The lowest BCUT2D eigenvalue weighted by atomic mass is 9.90. The van der Waals surface area contributed by atoms with Crippen molar-refractivity contribution >= 4 is 23.7 Å². The number of carbonyl (C=O) groups excluding carboxylic acids is 2. The molecule has 3 atom stereocenters. The lowest BCUT2D eigenvalue weighted by Gasteiger charge is -2.31. The number of hydrogen-bond acceptors (Lipinski definition) is 5. The van der Waals surface area contributed by atoms with Crippen molar-refractivity contribution in [1.29, 1.82) is 0 Å². The molecule has 6 heteroatoms. The van der Waals surface area contributed by atoms with Gasteiger partial charge in [0.15, 0.2) is 0 Å². The highest BCUT2D eigenvalue weighted by atomic mass is 35.5. The SMILES string of the molecule is CCC(OC(=O)Oc1ccccc1)C(CC)C(CC)OC(=O)c1ccc(Cl)cc1. The molecule has 29 heavy (non-hydrogen) atoms. The second-order valence-corrected chi connectivity index (χ2v) is 7.10. The van der Waals surface area contributed by atoms with Crippen molar-refractivity contribution in [3.05, 3.63) is 65.2 Å². The summed E-state index contributed by atoms with van der Waals surface area (Å²) in [6, 6.07) is 15.3. The second-order valence-electron chi connectivity index (χ2n) is 6.66. The molecule has 0 radical (unpaired) electrons. The Morgan fingerprint density at radius 1 is 0.828 bits per heavy atom. The molecule has 0 bridgehead atoms. The Kier molecular flexibility index (Phi) is 9.00. The van der Waals surface area contributed by atoms with Crippen molar-refractivity contribution < 1.29 is 23.8 Å². The molecule has 5 nitrogen and oxygen atoms in total. The Hall–Kier alpha value is -2.53. The molecule has 0 aliphatic rings. The van der Waals surface area contributed by atoms with Gasteiger partial charge in [-0.1, -0.05) is 50.6 Å². The van der Waals surface area contributed by atoms with Crippen molar-refractivity contribution in [2.45, 2.75) is 52.2 Å². The number of ether oxygens (including phenoxy) is 3. The fraction of sp³-hybridized carbons (Fsp3) is 0.391. The summed E-state index contributed by atoms with van der Waals surface area (Å²) < 4.78 is 16.6. The van der Waals surface area contributed by atoms with Gasteiger partial charge in [0.2, 0.25) is 0 Å². The third-order valence-electron chi connectivity index (χ3n) is 4.76. The van der Waals surface area contributed by atoms with E-state index in [-0.39, 0.29) is 5.92 Å². The van der Waals surface area contributed by atoms with Gasteiger partial charge in [0.1, 0.15) is 18.0 Å². The topological polar surface area (TPSA) is 61.8 Å². The summed E-state index contributed by atoms with van der Waals surface area (Å²) >= 11 is 5.88. The minimum atomic E-state index is -0.764. The highest BCUT2D eigenvalue weighted by molar-refractivity contribution is 6.30. The summed E-state index contributed by atoms with van der Waals surface area (Å²) in [5.41, 5.74) is 0.431. The highest BCUT2D eigenvalue weighted by Gasteiger charge is 2.32. The van der Waals surface area contributed by atoms with Crippen LogP contribution in [-0.2, 0) is 9.47 Å². The van der Waals surface area contributed by atoms with Crippen molar-refractivity contribution in [1.82, 2.24) is 0 Å². The molecule has 0 aliphatic heterocycles. The highest BCUT2D eigenvalue weighted by Crippen LogP contribution is 2.26. The van der Waals surface area contributed by atoms with Gasteiger partial charge in [-0.05, 0) is 55.7 Å². The van der Waals surface area contributed by atoms with E-state index < -0.39 is 24.3 Å². The Balaban J connectivity index is 2.04. The minimum Gasteiger partial charge on any atom is -0.458 e. The molecule has 156 valence electrons. The van der Waals surface area contributed by atoms with Crippen LogP contribution in [0.4, 0.5) is 4.79 Å². The number of halogens is 1. The molecule has 2 aromatic rings. The van der Waals surface area contributed by atoms with Gasteiger partial charge in [-0.3, -0.25) is 0 Å². The van der Waals surface area contributed by atoms with Crippen LogP contribution in [0.2, 0.25) is 5.02 Å². The summed E-state index contributed by atoms with van der Waals surface area (Å²) in [5, 5.41) is 0.552. The predicted octanol–water partition coefficient (Wildman–Crippen LogP) is 6.30. The van der Waals surface area contributed by atoms with Crippen LogP contribution in [0.1, 0.15) is 50.4 Å². The van der Waals surface area contributed by atoms with Gasteiger partial charge < -0.3 is 14.2 Å². The van der Waals surface area contributed by atoms with Gasteiger partial charge in [0, 0.05) is 10.9 Å². The van der Waals surface area contributed by atoms with E-state index in [0.717, 1.165) is 0 Å². The van der Waals surface area contributed by atoms with Crippen LogP contribution < -0.4 is 4.74 Å². The lowest BCUT2D eigenvalue weighted by molar-refractivity contribution is -0.0360. The first-order valence-corrected chi connectivity index (χ1v) is 10.3. The summed E-state index contributed by atoms with van der Waals surface area (Å²) in [5.74, 6) is -0.153. The van der Waals surface area contributed by atoms with Crippen LogP contribution in [0.3, 0.4) is 0 Å². The first kappa shape index (κ1) is 22.8. The monoisotopic (exact) mass is 418 g/mol. The predicted molar refractivity (Wildman–Crippen MR) is 112 cm³/mol. The molecule has 0 spiro atoms. The van der Waals surface area contributed by atoms with Crippen LogP contribution in [0.15, 0.2) is 54.6 Å². The molecule has 0 amide bonds. The normalized spacial score (nSPS) is 13.8. The van der Waals surface area contributed by atoms with E-state index in [0.29, 0.717) is 35.6 Å². The maximum Gasteiger partial charge on any atom is 0.514 e. The zero-order valence-electron chi connectivity index (χ0n) is 17.0. The maximum absolute atomic E-state index is 12.5. The first-order chi connectivity index (χ1) is 14.0. The number of esters is 1. The molecule has 2 aromatic carbocycles. The Morgan fingerprint density at radius 2 is 1.41 bits per heavy atom. The standard InChI is InChI=1S/C23H27ClO5/c1-4-19(20(5-2)28-22(25)16-12-14-17(24)15-13-16)21(6-3)29-23(26)27-18-10-8-7-9-11-18/h7-15,19-21H,4-6H2,1-3H3. The molecule has 3 unspecified atom stereocenters. The van der Waals surface area contributed by atoms with Crippen LogP contribution in [0.5, 0.6) is 5.75 Å². The fourth-order valence-electron chi connectivity index (χ4n) is 3.24. The average Bonchev–Trinajstić information content (AvgIpc) is 2.73. The van der Waals surface area contributed by atoms with Gasteiger partial charge in [0.25, 0.3) is 0 Å². The van der Waals surface area contributed by atoms with Crippen molar-refractivity contribution in [3.8, 4) is 5.75 Å². The van der Waals surface area contributed by atoms with Crippen molar-refractivity contribution in [2.24, 2.45) is 5.92 Å². The van der Waals surface area contributed by atoms with E-state index in [1.807, 2.05) is 26.8 Å². The lowest BCUT2D eigenvalue weighted by Crippen LogP contribution is -2.37. The summed E-state index contributed by atoms with van der Waals surface area (Å²) in [6.07, 6.45) is 0.281. The third-order valence-corrected chi connectivity index (χ3v) is 5.01. The van der Waals surface area contributed by atoms with Crippen molar-refractivity contribution in [2.75, 3.05) is 0 Å². The Bertz CT molecular complexity index is 776. The Labute approximate surface area is 176 Å². The zero-order valence-corrected chi connectivity index (χ0v) is 17.7. The van der Waals surface area contributed by atoms with Gasteiger partial charge in [-0.25, -0.2) is 9.59 Å². The van der Waals surface area contributed by atoms with Gasteiger partial charge in [-0.2, -0.15) is 0 Å². The van der Waals surface area contributed by atoms with E-state index in [9.17, 15) is 9.59 Å². The van der Waals surface area contributed by atoms with Crippen LogP contribution in [0.25, 0.3) is 0 Å². The molecule has 2 rings (SSSR count). The maximum atomic E-state index is 12.5. The third kappa shape index (κ3) is 6.79. The number of carbonyl (C=O) groups is 2. The van der Waals surface area contributed by atoms with E-state index in [4.69, 9.17) is 25.8 Å². The minimum absolute atomic E-state index is 0.149. The smallest absolute Gasteiger partial charge is 0.458 e. The van der Waals surface area contributed by atoms with Gasteiger partial charge in [-0.15, -0.1) is 0 Å². The Morgan fingerprint density at radius 3 is 1.97 bits per heavy atom. The second kappa shape index (κ2) is 11.5. The largest absolute Gasteiger partial charge is 0.514 e. The fourth-order valence-corrected chi connectivity index (χ4v) is 3.36. The van der Waals surface area contributed by atoms with Crippen LogP contribution in [-0.4, -0.2) is 24.3 Å². The molecule has 0 fully saturated rings. The average molecular weight is 419 g/mol. The molecule has 0 heterocycles. The summed E-state index contributed by atoms with van der Waals surface area (Å²) in [7, 11) is 0. The summed E-state index contributed by atoms with van der Waals surface area (Å²) in [4.78, 5) is 24.7. The van der Waals surface area contributed by atoms with E-state index in [1.165, 1.54) is 0 Å². The van der Waals surface area contributed by atoms with Crippen LogP contribution >= 0.6 is 11.6 Å². The number of para-hydroxylation sites is 1. The molecular weight excluding hydrogens is 392 g/mol. The van der Waals surface area contributed by atoms with Gasteiger partial charge >= 0.3 is 12.1 Å². The summed E-state index contributed by atoms with van der Waals surface area (Å²) in [6.45, 7) is 5.85. The molecular formula is C23H27ClO5. The van der Waals surface area contributed by atoms with E-state index in [1.54, 1.807) is 48.5 Å². The molecule has 0 saturated heterocycles. The van der Waals surface area contributed by atoms with Crippen molar-refractivity contribution in [3.63, 3.8) is 0 Å². The molecule has 0 aliphatic carbocycles. The van der Waals surface area contributed by atoms with Crippen LogP contribution in [0, 0.1) is 5.92 Å². The first-order valence-electron chi connectivity index (χ1n) is 9.88. The number of rotatable bonds is 9.